The number of carbonyl (C=O) groups excluding carboxylic acids is 1. The first-order valence-electron chi connectivity index (χ1n) is 9.23. The Morgan fingerprint density at radius 2 is 1.57 bits per heavy atom. The number of para-hydroxylation sites is 1. The molecule has 0 saturated heterocycles. The van der Waals surface area contributed by atoms with Crippen LogP contribution in [0, 0.1) is 6.92 Å². The Hall–Kier alpha value is -3.67. The summed E-state index contributed by atoms with van der Waals surface area (Å²) in [7, 11) is 0. The van der Waals surface area contributed by atoms with Gasteiger partial charge in [-0.2, -0.15) is 13.2 Å². The summed E-state index contributed by atoms with van der Waals surface area (Å²) >= 11 is 0. The summed E-state index contributed by atoms with van der Waals surface area (Å²) in [6, 6.07) is 19.7. The van der Waals surface area contributed by atoms with Gasteiger partial charge in [-0.25, -0.2) is 4.98 Å². The minimum absolute atomic E-state index is 0.0959. The van der Waals surface area contributed by atoms with Gasteiger partial charge in [0, 0.05) is 16.5 Å². The molecular weight excluding hydrogens is 389 g/mol. The summed E-state index contributed by atoms with van der Waals surface area (Å²) in [6.45, 7) is 1.85. The Morgan fingerprint density at radius 3 is 2.20 bits per heavy atom. The Kier molecular flexibility index (Phi) is 4.78. The van der Waals surface area contributed by atoms with E-state index in [9.17, 15) is 18.0 Å². The van der Waals surface area contributed by atoms with Gasteiger partial charge in [-0.1, -0.05) is 66.2 Å². The number of alkyl halides is 3. The van der Waals surface area contributed by atoms with Crippen LogP contribution in [0.15, 0.2) is 72.8 Å². The molecule has 0 bridgehead atoms. The maximum atomic E-state index is 13.8. The molecule has 0 aliphatic rings. The van der Waals surface area contributed by atoms with Crippen LogP contribution in [0.4, 0.5) is 13.2 Å². The van der Waals surface area contributed by atoms with Crippen LogP contribution in [0.1, 0.15) is 21.5 Å². The summed E-state index contributed by atoms with van der Waals surface area (Å²) in [5.41, 5.74) is 7.24. The van der Waals surface area contributed by atoms with Gasteiger partial charge >= 0.3 is 6.18 Å². The Balaban J connectivity index is 2.24. The fraction of sp³-hybridized carbons (Fsp3) is 0.0833. The molecule has 1 amide bonds. The van der Waals surface area contributed by atoms with E-state index in [1.54, 1.807) is 48.5 Å². The van der Waals surface area contributed by atoms with Crippen LogP contribution >= 0.6 is 0 Å². The lowest BCUT2D eigenvalue weighted by Gasteiger charge is -2.18. The zero-order valence-electron chi connectivity index (χ0n) is 16.0. The second kappa shape index (κ2) is 7.30. The van der Waals surface area contributed by atoms with E-state index in [0.717, 1.165) is 11.6 Å². The number of carbonyl (C=O) groups is 1. The molecule has 0 unspecified atom stereocenters. The molecule has 1 heterocycles. The number of halogens is 3. The van der Waals surface area contributed by atoms with Crippen molar-refractivity contribution in [1.82, 2.24) is 4.98 Å². The second-order valence-corrected chi connectivity index (χ2v) is 7.01. The summed E-state index contributed by atoms with van der Waals surface area (Å²) in [5, 5.41) is 0.223. The minimum atomic E-state index is -4.60. The van der Waals surface area contributed by atoms with E-state index in [0.29, 0.717) is 16.7 Å². The monoisotopic (exact) mass is 406 g/mol. The van der Waals surface area contributed by atoms with Gasteiger partial charge in [0.1, 0.15) is 0 Å². The summed E-state index contributed by atoms with van der Waals surface area (Å²) in [4.78, 5) is 16.9. The van der Waals surface area contributed by atoms with Crippen LogP contribution in [0.3, 0.4) is 0 Å². The zero-order chi connectivity index (χ0) is 21.5. The third-order valence-electron chi connectivity index (χ3n) is 4.92. The smallest absolute Gasteiger partial charge is 0.366 e. The van der Waals surface area contributed by atoms with Gasteiger partial charge in [0.25, 0.3) is 5.91 Å². The fourth-order valence-electron chi connectivity index (χ4n) is 3.66. The molecule has 0 radical (unpaired) electrons. The van der Waals surface area contributed by atoms with Crippen LogP contribution in [-0.2, 0) is 6.18 Å². The van der Waals surface area contributed by atoms with E-state index in [2.05, 4.69) is 4.98 Å². The van der Waals surface area contributed by atoms with Crippen LogP contribution in [-0.4, -0.2) is 10.9 Å². The highest BCUT2D eigenvalue weighted by Gasteiger charge is 2.34. The third kappa shape index (κ3) is 3.41. The molecule has 6 heteroatoms. The molecule has 0 saturated carbocycles. The number of fused-ring (bicyclic) bond motifs is 1. The predicted molar refractivity (Wildman–Crippen MR) is 111 cm³/mol. The number of pyridine rings is 1. The Labute approximate surface area is 171 Å². The van der Waals surface area contributed by atoms with Gasteiger partial charge in [0.2, 0.25) is 0 Å². The van der Waals surface area contributed by atoms with Crippen molar-refractivity contribution in [3.05, 3.63) is 89.5 Å². The predicted octanol–water partition coefficient (Wildman–Crippen LogP) is 5.99. The number of aryl methyl sites for hydroxylation is 1. The molecule has 0 aliphatic heterocycles. The highest BCUT2D eigenvalue weighted by Crippen LogP contribution is 2.41. The molecule has 0 fully saturated rings. The van der Waals surface area contributed by atoms with Crippen LogP contribution in [0.25, 0.3) is 33.3 Å². The Morgan fingerprint density at radius 1 is 0.900 bits per heavy atom. The summed E-state index contributed by atoms with van der Waals surface area (Å²) < 4.78 is 41.3. The van der Waals surface area contributed by atoms with Gasteiger partial charge in [0.05, 0.1) is 22.3 Å². The molecule has 2 N–H and O–H groups in total. The number of benzene rings is 3. The largest absolute Gasteiger partial charge is 0.418 e. The van der Waals surface area contributed by atoms with Gasteiger partial charge in [0.15, 0.2) is 0 Å². The van der Waals surface area contributed by atoms with Crippen molar-refractivity contribution in [2.24, 2.45) is 5.73 Å². The molecule has 0 aliphatic carbocycles. The van der Waals surface area contributed by atoms with Crippen molar-refractivity contribution in [1.29, 1.82) is 0 Å². The average molecular weight is 406 g/mol. The van der Waals surface area contributed by atoms with Crippen molar-refractivity contribution in [2.45, 2.75) is 13.1 Å². The number of rotatable bonds is 3. The zero-order valence-corrected chi connectivity index (χ0v) is 16.0. The number of aromatic nitrogens is 1. The number of amides is 1. The standard InChI is InChI=1S/C24H17F3N2O/c1-14-7-5-10-16(13-14)21-20(23(28)30)19(15-8-3-2-4-9-15)17-11-6-12-18(22(17)29-21)24(25,26)27/h2-13H,1H3,(H2,28,30). The first-order valence-corrected chi connectivity index (χ1v) is 9.23. The van der Waals surface area contributed by atoms with Crippen LogP contribution in [0.5, 0.6) is 0 Å². The van der Waals surface area contributed by atoms with Crippen LogP contribution in [0.2, 0.25) is 0 Å². The van der Waals surface area contributed by atoms with Crippen molar-refractivity contribution < 1.29 is 18.0 Å². The van der Waals surface area contributed by atoms with Gasteiger partial charge in [-0.15, -0.1) is 0 Å². The maximum absolute atomic E-state index is 13.8. The number of hydrogen-bond donors (Lipinski definition) is 1. The van der Waals surface area contributed by atoms with Gasteiger partial charge < -0.3 is 5.73 Å². The van der Waals surface area contributed by atoms with E-state index in [-0.39, 0.29) is 22.2 Å². The highest BCUT2D eigenvalue weighted by atomic mass is 19.4. The Bertz CT molecular complexity index is 1260. The molecule has 4 rings (SSSR count). The lowest BCUT2D eigenvalue weighted by Crippen LogP contribution is -2.16. The molecular formula is C24H17F3N2O. The van der Waals surface area contributed by atoms with E-state index < -0.39 is 17.6 Å². The molecule has 4 aromatic rings. The molecule has 30 heavy (non-hydrogen) atoms. The highest BCUT2D eigenvalue weighted by molar-refractivity contribution is 6.13. The SMILES string of the molecule is Cc1cccc(-c2nc3c(C(F)(F)F)cccc3c(-c3ccccc3)c2C(N)=O)c1. The van der Waals surface area contributed by atoms with Gasteiger partial charge in [-0.3, -0.25) is 4.79 Å². The van der Waals surface area contributed by atoms with E-state index in [4.69, 9.17) is 5.73 Å². The second-order valence-electron chi connectivity index (χ2n) is 7.01. The molecule has 3 nitrogen and oxygen atoms in total. The molecule has 0 atom stereocenters. The van der Waals surface area contributed by atoms with Crippen molar-refractivity contribution in [2.75, 3.05) is 0 Å². The fourth-order valence-corrected chi connectivity index (χ4v) is 3.66. The summed E-state index contributed by atoms with van der Waals surface area (Å²) in [5.74, 6) is -0.753. The first kappa shape index (κ1) is 19.6. The lowest BCUT2D eigenvalue weighted by molar-refractivity contribution is -0.136. The van der Waals surface area contributed by atoms with E-state index in [1.807, 2.05) is 13.0 Å². The molecule has 150 valence electrons. The number of primary amides is 1. The number of nitrogens with two attached hydrogens (primary N) is 1. The van der Waals surface area contributed by atoms with Crippen molar-refractivity contribution in [3.63, 3.8) is 0 Å². The number of nitrogens with zero attached hydrogens (tertiary/aromatic N) is 1. The first-order chi connectivity index (χ1) is 14.3. The third-order valence-corrected chi connectivity index (χ3v) is 4.92. The average Bonchev–Trinajstić information content (AvgIpc) is 2.71. The normalized spacial score (nSPS) is 11.6. The molecule has 1 aromatic heterocycles. The quantitative estimate of drug-likeness (QED) is 0.454. The minimum Gasteiger partial charge on any atom is -0.366 e. The van der Waals surface area contributed by atoms with E-state index in [1.165, 1.54) is 12.1 Å². The van der Waals surface area contributed by atoms with Crippen molar-refractivity contribution >= 4 is 16.8 Å². The van der Waals surface area contributed by atoms with Gasteiger partial charge in [-0.05, 0) is 24.6 Å². The molecule has 0 spiro atoms. The van der Waals surface area contributed by atoms with Crippen molar-refractivity contribution in [3.8, 4) is 22.4 Å². The topological polar surface area (TPSA) is 56.0 Å². The van der Waals surface area contributed by atoms with Crippen LogP contribution < -0.4 is 5.73 Å². The lowest BCUT2D eigenvalue weighted by atomic mass is 9.90. The maximum Gasteiger partial charge on any atom is 0.418 e. The number of hydrogen-bond acceptors (Lipinski definition) is 2. The van der Waals surface area contributed by atoms with E-state index >= 15 is 0 Å². The molecule has 3 aromatic carbocycles. The summed E-state index contributed by atoms with van der Waals surface area (Å²) in [6.07, 6.45) is -4.60.